The molecule has 0 aromatic heterocycles. The second-order valence-electron chi connectivity index (χ2n) is 3.72. The largest absolute Gasteiger partial charge is 0.493 e. The summed E-state index contributed by atoms with van der Waals surface area (Å²) in [6, 6.07) is 5.84. The number of rotatable bonds is 5. The van der Waals surface area contributed by atoms with Crippen LogP contribution in [0.15, 0.2) is 18.2 Å². The highest BCUT2D eigenvalue weighted by Gasteiger charge is 2.07. The van der Waals surface area contributed by atoms with Crippen LogP contribution in [0.4, 0.5) is 4.39 Å². The Labute approximate surface area is 90.2 Å². The van der Waals surface area contributed by atoms with E-state index in [1.807, 2.05) is 32.0 Å². The fourth-order valence-corrected chi connectivity index (χ4v) is 1.38. The van der Waals surface area contributed by atoms with Crippen LogP contribution in [0.1, 0.15) is 30.5 Å². The molecular weight excluding hydrogens is 193 g/mol. The molecule has 0 unspecified atom stereocenters. The van der Waals surface area contributed by atoms with Crippen molar-refractivity contribution >= 4 is 0 Å². The second-order valence-corrected chi connectivity index (χ2v) is 3.72. The molecule has 0 aliphatic carbocycles. The van der Waals surface area contributed by atoms with Crippen molar-refractivity contribution < 1.29 is 9.13 Å². The Bertz CT molecular complexity index is 312. The van der Waals surface area contributed by atoms with Gasteiger partial charge in [0.2, 0.25) is 0 Å². The number of nitrogens with two attached hydrogens (primary N) is 1. The minimum Gasteiger partial charge on any atom is -0.493 e. The van der Waals surface area contributed by atoms with E-state index in [2.05, 4.69) is 0 Å². The molecular formula is C12H18FNO. The smallest absolute Gasteiger partial charge is 0.124 e. The van der Waals surface area contributed by atoms with E-state index >= 15 is 0 Å². The molecule has 0 saturated carbocycles. The van der Waals surface area contributed by atoms with Crippen molar-refractivity contribution in [2.45, 2.75) is 26.3 Å². The molecule has 0 amide bonds. The second kappa shape index (κ2) is 5.71. The van der Waals surface area contributed by atoms with E-state index in [1.165, 1.54) is 0 Å². The average molecular weight is 211 g/mol. The van der Waals surface area contributed by atoms with Gasteiger partial charge in [0.05, 0.1) is 13.3 Å². The van der Waals surface area contributed by atoms with E-state index in [1.54, 1.807) is 0 Å². The summed E-state index contributed by atoms with van der Waals surface area (Å²) in [6.07, 6.45) is 0.423. The third-order valence-corrected chi connectivity index (χ3v) is 2.20. The Morgan fingerprint density at radius 3 is 2.80 bits per heavy atom. The van der Waals surface area contributed by atoms with Gasteiger partial charge in [-0.25, -0.2) is 0 Å². The summed E-state index contributed by atoms with van der Waals surface area (Å²) in [6.45, 7) is 3.96. The van der Waals surface area contributed by atoms with Crippen LogP contribution in [0.25, 0.3) is 0 Å². The average Bonchev–Trinajstić information content (AvgIpc) is 2.18. The molecule has 0 fully saturated rings. The first-order chi connectivity index (χ1) is 7.15. The SMILES string of the molecule is Cc1ccc([C@H](C)N)c(OCCCF)c1. The first kappa shape index (κ1) is 12.0. The Kier molecular flexibility index (Phi) is 4.56. The highest BCUT2D eigenvalue weighted by atomic mass is 19.1. The summed E-state index contributed by atoms with van der Waals surface area (Å²) in [5.74, 6) is 0.776. The number of halogens is 1. The van der Waals surface area contributed by atoms with Crippen LogP contribution in [-0.2, 0) is 0 Å². The van der Waals surface area contributed by atoms with E-state index in [4.69, 9.17) is 10.5 Å². The summed E-state index contributed by atoms with van der Waals surface area (Å²) >= 11 is 0. The molecule has 1 rings (SSSR count). The zero-order valence-electron chi connectivity index (χ0n) is 9.29. The monoisotopic (exact) mass is 211 g/mol. The zero-order chi connectivity index (χ0) is 11.3. The lowest BCUT2D eigenvalue weighted by molar-refractivity contribution is 0.286. The predicted molar refractivity (Wildman–Crippen MR) is 59.9 cm³/mol. The van der Waals surface area contributed by atoms with Crippen molar-refractivity contribution in [1.29, 1.82) is 0 Å². The van der Waals surface area contributed by atoms with Crippen molar-refractivity contribution in [3.8, 4) is 5.75 Å². The highest BCUT2D eigenvalue weighted by Crippen LogP contribution is 2.25. The Hall–Kier alpha value is -1.09. The van der Waals surface area contributed by atoms with Crippen LogP contribution in [0.5, 0.6) is 5.75 Å². The molecule has 2 nitrogen and oxygen atoms in total. The predicted octanol–water partition coefficient (Wildman–Crippen LogP) is 2.75. The molecule has 1 aromatic carbocycles. The summed E-state index contributed by atoms with van der Waals surface area (Å²) in [5, 5.41) is 0. The maximum absolute atomic E-state index is 11.9. The number of hydrogen-bond donors (Lipinski definition) is 1. The Balaban J connectivity index is 2.77. The molecule has 1 aromatic rings. The quantitative estimate of drug-likeness (QED) is 0.760. The van der Waals surface area contributed by atoms with Gasteiger partial charge in [0, 0.05) is 18.0 Å². The summed E-state index contributed by atoms with van der Waals surface area (Å²) in [7, 11) is 0. The number of benzene rings is 1. The molecule has 0 aliphatic rings. The van der Waals surface area contributed by atoms with Gasteiger partial charge >= 0.3 is 0 Å². The molecule has 3 heteroatoms. The number of aryl methyl sites for hydroxylation is 1. The van der Waals surface area contributed by atoms with Gasteiger partial charge in [0.1, 0.15) is 5.75 Å². The van der Waals surface area contributed by atoms with Crippen LogP contribution in [0.2, 0.25) is 0 Å². The molecule has 0 spiro atoms. The van der Waals surface area contributed by atoms with Crippen LogP contribution in [0.3, 0.4) is 0 Å². The number of hydrogen-bond acceptors (Lipinski definition) is 2. The van der Waals surface area contributed by atoms with Gasteiger partial charge in [-0.2, -0.15) is 0 Å². The summed E-state index contributed by atoms with van der Waals surface area (Å²) < 4.78 is 17.4. The lowest BCUT2D eigenvalue weighted by Crippen LogP contribution is -2.09. The normalized spacial score (nSPS) is 12.5. The van der Waals surface area contributed by atoms with Crippen LogP contribution in [-0.4, -0.2) is 13.3 Å². The van der Waals surface area contributed by atoms with Crippen molar-refractivity contribution in [1.82, 2.24) is 0 Å². The molecule has 0 bridgehead atoms. The third-order valence-electron chi connectivity index (χ3n) is 2.20. The van der Waals surface area contributed by atoms with Crippen LogP contribution in [0, 0.1) is 6.92 Å². The third kappa shape index (κ3) is 3.51. The van der Waals surface area contributed by atoms with E-state index in [9.17, 15) is 4.39 Å². The molecule has 0 saturated heterocycles. The zero-order valence-corrected chi connectivity index (χ0v) is 9.29. The summed E-state index contributed by atoms with van der Waals surface area (Å²) in [5.41, 5.74) is 7.91. The minimum atomic E-state index is -0.348. The standard InChI is InChI=1S/C12H18FNO/c1-9-4-5-11(10(2)14)12(8-9)15-7-3-6-13/h4-5,8,10H,3,6-7,14H2,1-2H3/t10-/m0/s1. The van der Waals surface area contributed by atoms with E-state index in [0.717, 1.165) is 16.9 Å². The summed E-state index contributed by atoms with van der Waals surface area (Å²) in [4.78, 5) is 0. The lowest BCUT2D eigenvalue weighted by atomic mass is 10.1. The van der Waals surface area contributed by atoms with E-state index < -0.39 is 0 Å². The van der Waals surface area contributed by atoms with Gasteiger partial charge in [0.25, 0.3) is 0 Å². The highest BCUT2D eigenvalue weighted by molar-refractivity contribution is 5.38. The van der Waals surface area contributed by atoms with Gasteiger partial charge in [0.15, 0.2) is 0 Å². The number of ether oxygens (including phenoxy) is 1. The lowest BCUT2D eigenvalue weighted by Gasteiger charge is -2.14. The maximum Gasteiger partial charge on any atom is 0.124 e. The first-order valence-corrected chi connectivity index (χ1v) is 5.20. The molecule has 84 valence electrons. The molecule has 2 N–H and O–H groups in total. The fraction of sp³-hybridized carbons (Fsp3) is 0.500. The molecule has 1 atom stereocenters. The first-order valence-electron chi connectivity index (χ1n) is 5.20. The van der Waals surface area contributed by atoms with Crippen molar-refractivity contribution in [3.63, 3.8) is 0 Å². The maximum atomic E-state index is 11.9. The van der Waals surface area contributed by atoms with Crippen LogP contribution >= 0.6 is 0 Å². The molecule has 0 radical (unpaired) electrons. The Morgan fingerprint density at radius 1 is 1.47 bits per heavy atom. The topological polar surface area (TPSA) is 35.2 Å². The molecule has 15 heavy (non-hydrogen) atoms. The minimum absolute atomic E-state index is 0.0639. The fourth-order valence-electron chi connectivity index (χ4n) is 1.38. The van der Waals surface area contributed by atoms with Crippen molar-refractivity contribution in [2.75, 3.05) is 13.3 Å². The number of alkyl halides is 1. The van der Waals surface area contributed by atoms with Gasteiger partial charge in [-0.3, -0.25) is 4.39 Å². The van der Waals surface area contributed by atoms with Gasteiger partial charge < -0.3 is 10.5 Å². The molecule has 0 heterocycles. The van der Waals surface area contributed by atoms with Gasteiger partial charge in [-0.1, -0.05) is 12.1 Å². The van der Waals surface area contributed by atoms with Crippen molar-refractivity contribution in [3.05, 3.63) is 29.3 Å². The molecule has 0 aliphatic heterocycles. The van der Waals surface area contributed by atoms with Crippen LogP contribution < -0.4 is 10.5 Å². The van der Waals surface area contributed by atoms with Gasteiger partial charge in [-0.05, 0) is 25.5 Å². The van der Waals surface area contributed by atoms with E-state index in [0.29, 0.717) is 13.0 Å². The van der Waals surface area contributed by atoms with E-state index in [-0.39, 0.29) is 12.7 Å². The van der Waals surface area contributed by atoms with Gasteiger partial charge in [-0.15, -0.1) is 0 Å². The Morgan fingerprint density at radius 2 is 2.20 bits per heavy atom. The van der Waals surface area contributed by atoms with Crippen molar-refractivity contribution in [2.24, 2.45) is 5.73 Å².